The van der Waals surface area contributed by atoms with E-state index in [0.29, 0.717) is 17.3 Å². The number of para-hydroxylation sites is 1. The number of carbonyl (C=O) groups is 2. The molecule has 0 saturated heterocycles. The molecule has 128 valence electrons. The van der Waals surface area contributed by atoms with Crippen molar-refractivity contribution in [3.63, 3.8) is 0 Å². The molecule has 1 heterocycles. The van der Waals surface area contributed by atoms with E-state index in [4.69, 9.17) is 10.5 Å². The second kappa shape index (κ2) is 7.16. The van der Waals surface area contributed by atoms with Crippen LogP contribution in [0.2, 0.25) is 0 Å². The van der Waals surface area contributed by atoms with E-state index >= 15 is 0 Å². The zero-order valence-electron chi connectivity index (χ0n) is 14.3. The van der Waals surface area contributed by atoms with Crippen molar-refractivity contribution in [3.05, 3.63) is 35.5 Å². The average molecular weight is 330 g/mol. The predicted octanol–water partition coefficient (Wildman–Crippen LogP) is 2.92. The Bertz CT molecular complexity index is 765. The van der Waals surface area contributed by atoms with Crippen molar-refractivity contribution in [2.24, 2.45) is 0 Å². The number of nitrogens with one attached hydrogen (secondary N) is 1. The lowest BCUT2D eigenvalue weighted by Crippen LogP contribution is -2.19. The molecule has 0 aliphatic heterocycles. The predicted molar refractivity (Wildman–Crippen MR) is 92.1 cm³/mol. The monoisotopic (exact) mass is 330 g/mol. The summed E-state index contributed by atoms with van der Waals surface area (Å²) in [4.78, 5) is 28.4. The van der Waals surface area contributed by atoms with Gasteiger partial charge in [0.05, 0.1) is 11.8 Å². The molecule has 0 spiro atoms. The van der Waals surface area contributed by atoms with Crippen LogP contribution in [-0.4, -0.2) is 21.4 Å². The average Bonchev–Trinajstić information content (AvgIpc) is 2.89. The molecule has 0 radical (unpaired) electrons. The molecule has 0 unspecified atom stereocenters. The minimum absolute atomic E-state index is 0.0395. The maximum Gasteiger partial charge on any atom is 0.310 e. The number of esters is 1. The Kier molecular flexibility index (Phi) is 5.23. The summed E-state index contributed by atoms with van der Waals surface area (Å²) in [6, 6.07) is 5.16. The Hall–Kier alpha value is -2.83. The number of carbonyl (C=O) groups excluding carboxylic acids is 2. The summed E-state index contributed by atoms with van der Waals surface area (Å²) < 4.78 is 7.03. The second-order valence-corrected chi connectivity index (χ2v) is 5.70. The highest BCUT2D eigenvalue weighted by Crippen LogP contribution is 2.26. The van der Waals surface area contributed by atoms with Gasteiger partial charge in [0, 0.05) is 12.5 Å². The smallest absolute Gasteiger partial charge is 0.310 e. The minimum Gasteiger partial charge on any atom is -0.425 e. The van der Waals surface area contributed by atoms with Gasteiger partial charge >= 0.3 is 5.97 Å². The molecule has 2 aromatic rings. The molecule has 2 rings (SSSR count). The first-order chi connectivity index (χ1) is 11.3. The summed E-state index contributed by atoms with van der Waals surface area (Å²) in [6.45, 7) is 7.36. The quantitative estimate of drug-likeness (QED) is 0.648. The third kappa shape index (κ3) is 3.56. The van der Waals surface area contributed by atoms with E-state index in [0.717, 1.165) is 0 Å². The van der Waals surface area contributed by atoms with Gasteiger partial charge in [-0.3, -0.25) is 19.5 Å². The van der Waals surface area contributed by atoms with Crippen LogP contribution < -0.4 is 15.8 Å². The van der Waals surface area contributed by atoms with Gasteiger partial charge in [-0.2, -0.15) is 0 Å². The van der Waals surface area contributed by atoms with Crippen LogP contribution in [0.25, 0.3) is 0 Å². The lowest BCUT2D eigenvalue weighted by molar-refractivity contribution is -0.134. The fraction of sp³-hybridized carbons (Fsp3) is 0.353. The first-order valence-corrected chi connectivity index (χ1v) is 7.79. The van der Waals surface area contributed by atoms with Crippen molar-refractivity contribution in [1.29, 1.82) is 0 Å². The standard InChI is InChI=1S/C17H22N4O3/c1-5-14(22)24-15-11(4)7-6-8-12(15)16(23)20-17-19-9-13(18)21(17)10(2)3/h6-10H,5,18H2,1-4H3,(H,19,20,23). The number of hydrogen-bond donors (Lipinski definition) is 2. The van der Waals surface area contributed by atoms with Crippen LogP contribution in [-0.2, 0) is 4.79 Å². The number of aryl methyl sites for hydroxylation is 1. The molecular weight excluding hydrogens is 308 g/mol. The number of imidazole rings is 1. The zero-order chi connectivity index (χ0) is 17.9. The zero-order valence-corrected chi connectivity index (χ0v) is 14.3. The van der Waals surface area contributed by atoms with E-state index in [-0.39, 0.29) is 23.8 Å². The summed E-state index contributed by atoms with van der Waals surface area (Å²) in [5.74, 6) is 0.262. The Morgan fingerprint density at radius 2 is 2.08 bits per heavy atom. The number of nitrogens with two attached hydrogens (primary N) is 1. The maximum atomic E-state index is 12.6. The van der Waals surface area contributed by atoms with Crippen LogP contribution >= 0.6 is 0 Å². The normalized spacial score (nSPS) is 10.7. The van der Waals surface area contributed by atoms with Gasteiger partial charge < -0.3 is 10.5 Å². The Labute approximate surface area is 140 Å². The molecule has 0 saturated carbocycles. The highest BCUT2D eigenvalue weighted by atomic mass is 16.5. The molecule has 24 heavy (non-hydrogen) atoms. The van der Waals surface area contributed by atoms with Crippen LogP contribution in [0.4, 0.5) is 11.8 Å². The van der Waals surface area contributed by atoms with Gasteiger partial charge in [-0.15, -0.1) is 0 Å². The molecule has 7 heteroatoms. The van der Waals surface area contributed by atoms with Crippen LogP contribution in [0.1, 0.15) is 49.2 Å². The largest absolute Gasteiger partial charge is 0.425 e. The summed E-state index contributed by atoms with van der Waals surface area (Å²) >= 11 is 0. The first kappa shape index (κ1) is 17.5. The van der Waals surface area contributed by atoms with E-state index < -0.39 is 11.9 Å². The third-order valence-corrected chi connectivity index (χ3v) is 3.53. The fourth-order valence-corrected chi connectivity index (χ4v) is 2.33. The molecule has 1 aromatic heterocycles. The van der Waals surface area contributed by atoms with E-state index in [1.165, 1.54) is 6.20 Å². The van der Waals surface area contributed by atoms with Crippen molar-refractivity contribution < 1.29 is 14.3 Å². The Balaban J connectivity index is 2.34. The van der Waals surface area contributed by atoms with Crippen LogP contribution in [0.15, 0.2) is 24.4 Å². The van der Waals surface area contributed by atoms with Crippen molar-refractivity contribution in [3.8, 4) is 5.75 Å². The molecule has 1 aromatic carbocycles. The first-order valence-electron chi connectivity index (χ1n) is 7.79. The van der Waals surface area contributed by atoms with Gasteiger partial charge in [-0.1, -0.05) is 19.1 Å². The summed E-state index contributed by atoms with van der Waals surface area (Å²) in [5.41, 5.74) is 6.85. The molecular formula is C17H22N4O3. The van der Waals surface area contributed by atoms with Gasteiger partial charge in [0.2, 0.25) is 5.95 Å². The van der Waals surface area contributed by atoms with Gasteiger partial charge in [0.25, 0.3) is 5.91 Å². The number of rotatable bonds is 5. The summed E-state index contributed by atoms with van der Waals surface area (Å²) in [7, 11) is 0. The summed E-state index contributed by atoms with van der Waals surface area (Å²) in [6.07, 6.45) is 1.72. The van der Waals surface area contributed by atoms with Crippen molar-refractivity contribution in [1.82, 2.24) is 9.55 Å². The highest BCUT2D eigenvalue weighted by molar-refractivity contribution is 6.06. The molecule has 0 fully saturated rings. The minimum atomic E-state index is -0.412. The third-order valence-electron chi connectivity index (χ3n) is 3.53. The highest BCUT2D eigenvalue weighted by Gasteiger charge is 2.20. The van der Waals surface area contributed by atoms with E-state index in [2.05, 4.69) is 10.3 Å². The molecule has 0 atom stereocenters. The molecule has 3 N–H and O–H groups in total. The number of ether oxygens (including phenoxy) is 1. The van der Waals surface area contributed by atoms with Gasteiger partial charge in [0.1, 0.15) is 11.6 Å². The van der Waals surface area contributed by atoms with E-state index in [9.17, 15) is 9.59 Å². The Morgan fingerprint density at radius 3 is 2.71 bits per heavy atom. The number of anilines is 2. The number of nitrogens with zero attached hydrogens (tertiary/aromatic N) is 2. The number of nitrogen functional groups attached to an aromatic ring is 1. The fourth-order valence-electron chi connectivity index (χ4n) is 2.33. The van der Waals surface area contributed by atoms with Crippen molar-refractivity contribution in [2.75, 3.05) is 11.1 Å². The number of amides is 1. The molecule has 0 bridgehead atoms. The van der Waals surface area contributed by atoms with Crippen molar-refractivity contribution >= 4 is 23.6 Å². The number of benzene rings is 1. The van der Waals surface area contributed by atoms with Crippen LogP contribution in [0.3, 0.4) is 0 Å². The maximum absolute atomic E-state index is 12.6. The SMILES string of the molecule is CCC(=O)Oc1c(C)cccc1C(=O)Nc1ncc(N)n1C(C)C. The van der Waals surface area contributed by atoms with E-state index in [1.807, 2.05) is 13.8 Å². The van der Waals surface area contributed by atoms with Crippen molar-refractivity contribution in [2.45, 2.75) is 40.2 Å². The van der Waals surface area contributed by atoms with Crippen LogP contribution in [0, 0.1) is 6.92 Å². The Morgan fingerprint density at radius 1 is 1.38 bits per heavy atom. The second-order valence-electron chi connectivity index (χ2n) is 5.70. The summed E-state index contributed by atoms with van der Waals surface area (Å²) in [5, 5.41) is 2.73. The molecule has 0 aliphatic carbocycles. The topological polar surface area (TPSA) is 99.2 Å². The van der Waals surface area contributed by atoms with Gasteiger partial charge in [-0.05, 0) is 32.4 Å². The van der Waals surface area contributed by atoms with Crippen LogP contribution in [0.5, 0.6) is 5.75 Å². The van der Waals surface area contributed by atoms with Gasteiger partial charge in [-0.25, -0.2) is 4.98 Å². The molecule has 0 aliphatic rings. The van der Waals surface area contributed by atoms with Gasteiger partial charge in [0.15, 0.2) is 0 Å². The van der Waals surface area contributed by atoms with E-state index in [1.54, 1.807) is 36.6 Å². The lowest BCUT2D eigenvalue weighted by Gasteiger charge is -2.15. The molecule has 7 nitrogen and oxygen atoms in total. The lowest BCUT2D eigenvalue weighted by atomic mass is 10.1. The number of aromatic nitrogens is 2. The molecule has 1 amide bonds. The number of hydrogen-bond acceptors (Lipinski definition) is 5.